The van der Waals surface area contributed by atoms with Gasteiger partial charge < -0.3 is 23.9 Å². The third kappa shape index (κ3) is 20.4. The summed E-state index contributed by atoms with van der Waals surface area (Å²) >= 11 is 6.19. The van der Waals surface area contributed by atoms with E-state index >= 15 is 0 Å². The van der Waals surface area contributed by atoms with Gasteiger partial charge in [0.1, 0.15) is 30.5 Å². The maximum atomic E-state index is 11.1. The number of hydrogen-bond donors (Lipinski definition) is 1. The van der Waals surface area contributed by atoms with Gasteiger partial charge in [-0.2, -0.15) is 0 Å². The Morgan fingerprint density at radius 3 is 1.42 bits per heavy atom. The molecule has 4 aromatic rings. The van der Waals surface area contributed by atoms with Gasteiger partial charge in [-0.15, -0.1) is 0 Å². The van der Waals surface area contributed by atoms with Crippen molar-refractivity contribution in [2.24, 2.45) is 0 Å². The lowest BCUT2D eigenvalue weighted by Crippen LogP contribution is -2.41. The molecule has 0 radical (unpaired) electrons. The number of halogens is 2. The van der Waals surface area contributed by atoms with E-state index in [1.165, 1.54) is 0 Å². The van der Waals surface area contributed by atoms with E-state index in [1.807, 2.05) is 52.0 Å². The second kappa shape index (κ2) is 27.6. The van der Waals surface area contributed by atoms with E-state index in [0.29, 0.717) is 52.6 Å². The van der Waals surface area contributed by atoms with Gasteiger partial charge in [-0.25, -0.2) is 0 Å². The molecule has 59 heavy (non-hydrogen) atoms. The Hall–Kier alpha value is -5.09. The molecule has 0 saturated carbocycles. The number of aldehydes is 4. The minimum absolute atomic E-state index is 0.0400. The number of carbonyl (C=O) groups is 7. The molecule has 0 bridgehead atoms. The smallest absolute Gasteiger partial charge is 0.481 e. The number of benzene rings is 4. The van der Waals surface area contributed by atoms with E-state index in [4.69, 9.17) is 19.2 Å². The summed E-state index contributed by atoms with van der Waals surface area (Å²) in [6.07, 6.45) is 3.29. The van der Waals surface area contributed by atoms with E-state index in [2.05, 4.69) is 36.6 Å². The molecule has 0 atom stereocenters. The van der Waals surface area contributed by atoms with E-state index < -0.39 is 13.1 Å². The first-order valence-electron chi connectivity index (χ1n) is 18.3. The summed E-state index contributed by atoms with van der Waals surface area (Å²) in [4.78, 5) is 73.2. The molecule has 4 aromatic carbocycles. The molecule has 1 aliphatic rings. The van der Waals surface area contributed by atoms with Crippen LogP contribution in [0.4, 0.5) is 0 Å². The van der Waals surface area contributed by atoms with Crippen LogP contribution in [-0.4, -0.2) is 85.0 Å². The van der Waals surface area contributed by atoms with Crippen LogP contribution in [0, 0.1) is 0 Å². The van der Waals surface area contributed by atoms with Crippen molar-refractivity contribution < 1.29 is 57.5 Å². The quantitative estimate of drug-likeness (QED) is 0.0634. The molecular formula is C44H49BBr2O12. The minimum atomic E-state index is -0.891. The van der Waals surface area contributed by atoms with E-state index in [-0.39, 0.29) is 36.0 Å². The zero-order valence-electron chi connectivity index (χ0n) is 33.9. The molecule has 1 fully saturated rings. The summed E-state index contributed by atoms with van der Waals surface area (Å²) in [6, 6.07) is 28.0. The SMILES string of the molecule is CC1(C)OB(c2cccc(C=O)c2)OC1(C)C.CCOC(=O)CBr.CCOC(=O)Cc1cccc(C=O)c1.O=Cc1cccc(Br)c1.O=Cc1cccc(CC(=O)O)c1. The van der Waals surface area contributed by atoms with Crippen LogP contribution in [-0.2, 0) is 46.0 Å². The number of ether oxygens (including phenoxy) is 2. The minimum Gasteiger partial charge on any atom is -0.481 e. The molecule has 15 heteroatoms. The van der Waals surface area contributed by atoms with Crippen LogP contribution >= 0.6 is 31.9 Å². The highest BCUT2D eigenvalue weighted by atomic mass is 79.9. The highest BCUT2D eigenvalue weighted by molar-refractivity contribution is 9.10. The Bertz CT molecular complexity index is 1970. The van der Waals surface area contributed by atoms with Gasteiger partial charge in [0.05, 0.1) is 37.3 Å². The molecule has 1 N–H and O–H groups in total. The van der Waals surface area contributed by atoms with Gasteiger partial charge in [0.15, 0.2) is 0 Å². The van der Waals surface area contributed by atoms with Crippen molar-refractivity contribution in [1.29, 1.82) is 0 Å². The van der Waals surface area contributed by atoms with Crippen molar-refractivity contribution in [3.63, 3.8) is 0 Å². The summed E-state index contributed by atoms with van der Waals surface area (Å²) in [5.41, 5.74) is 4.04. The predicted molar refractivity (Wildman–Crippen MR) is 233 cm³/mol. The molecule has 0 unspecified atom stereocenters. The van der Waals surface area contributed by atoms with Gasteiger partial charge in [0.2, 0.25) is 0 Å². The topological polar surface area (TPSA) is 177 Å². The predicted octanol–water partition coefficient (Wildman–Crippen LogP) is 7.74. The van der Waals surface area contributed by atoms with E-state index in [1.54, 1.807) is 86.6 Å². The van der Waals surface area contributed by atoms with Crippen LogP contribution in [0.2, 0.25) is 0 Å². The van der Waals surface area contributed by atoms with Crippen molar-refractivity contribution in [3.8, 4) is 0 Å². The molecular weight excluding hydrogens is 891 g/mol. The monoisotopic (exact) mass is 938 g/mol. The summed E-state index contributed by atoms with van der Waals surface area (Å²) in [5.74, 6) is -1.36. The zero-order valence-corrected chi connectivity index (χ0v) is 37.0. The van der Waals surface area contributed by atoms with Gasteiger partial charge in [0.25, 0.3) is 0 Å². The maximum absolute atomic E-state index is 11.1. The van der Waals surface area contributed by atoms with Gasteiger partial charge in [-0.05, 0) is 82.4 Å². The van der Waals surface area contributed by atoms with Crippen LogP contribution in [0.3, 0.4) is 0 Å². The lowest BCUT2D eigenvalue weighted by atomic mass is 9.78. The Balaban J connectivity index is 0.000000381. The van der Waals surface area contributed by atoms with E-state index in [0.717, 1.165) is 34.4 Å². The molecule has 0 aromatic heterocycles. The van der Waals surface area contributed by atoms with Crippen LogP contribution in [0.5, 0.6) is 0 Å². The number of aliphatic carboxylic acids is 1. The fraction of sp³-hybridized carbons (Fsp3) is 0.295. The van der Waals surface area contributed by atoms with Crippen molar-refractivity contribution in [2.75, 3.05) is 18.5 Å². The maximum Gasteiger partial charge on any atom is 0.494 e. The Morgan fingerprint density at radius 1 is 0.627 bits per heavy atom. The van der Waals surface area contributed by atoms with E-state index in [9.17, 15) is 33.6 Å². The Morgan fingerprint density at radius 2 is 1.03 bits per heavy atom. The standard InChI is InChI=1S/C13H17BO3.C11H12O3.C9H8O3.C7H5BrO.C4H7BrO2/c1-12(2)13(3,4)17-14(16-12)11-7-5-6-10(8-11)9-15;1-2-14-11(13)7-9-4-3-5-10(6-9)8-12;10-6-8-3-1-2-7(4-8)5-9(11)12;8-7-3-1-2-6(4-7)5-9;1-2-7-4(6)3-5/h5-9H,1-4H3;3-6,8H,2,7H2,1H3;1-4,6H,5H2,(H,11,12);1-5H;2-3H2,1H3. The Labute approximate surface area is 362 Å². The average molecular weight is 940 g/mol. The highest BCUT2D eigenvalue weighted by Crippen LogP contribution is 2.36. The molecule has 1 heterocycles. The second-order valence-electron chi connectivity index (χ2n) is 13.3. The average Bonchev–Trinajstić information content (AvgIpc) is 3.44. The second-order valence-corrected chi connectivity index (χ2v) is 14.7. The molecule has 0 amide bonds. The van der Waals surface area contributed by atoms with Gasteiger partial charge >= 0.3 is 25.0 Å². The van der Waals surface area contributed by atoms with Crippen LogP contribution in [0.1, 0.15) is 94.1 Å². The van der Waals surface area contributed by atoms with Gasteiger partial charge in [-0.3, -0.25) is 33.6 Å². The third-order valence-electron chi connectivity index (χ3n) is 8.15. The zero-order chi connectivity index (χ0) is 44.4. The summed E-state index contributed by atoms with van der Waals surface area (Å²) in [7, 11) is -0.403. The largest absolute Gasteiger partial charge is 0.494 e. The first kappa shape index (κ1) is 51.9. The number of carboxylic acid groups (broad SMARTS) is 1. The van der Waals surface area contributed by atoms with Gasteiger partial charge in [0, 0.05) is 26.7 Å². The molecule has 5 rings (SSSR count). The fourth-order valence-corrected chi connectivity index (χ4v) is 5.22. The molecule has 0 spiro atoms. The number of hydrogen-bond acceptors (Lipinski definition) is 11. The van der Waals surface area contributed by atoms with Crippen LogP contribution in [0.25, 0.3) is 0 Å². The molecule has 1 saturated heterocycles. The first-order valence-corrected chi connectivity index (χ1v) is 20.2. The number of alkyl halides is 1. The van der Waals surface area contributed by atoms with Gasteiger partial charge in [-0.1, -0.05) is 105 Å². The molecule has 0 aliphatic carbocycles. The third-order valence-corrected chi connectivity index (χ3v) is 9.11. The fourth-order valence-electron chi connectivity index (χ4n) is 4.64. The van der Waals surface area contributed by atoms with Crippen molar-refractivity contribution in [2.45, 2.75) is 65.6 Å². The van der Waals surface area contributed by atoms with Crippen LogP contribution in [0.15, 0.2) is 102 Å². The molecule has 12 nitrogen and oxygen atoms in total. The Kier molecular flexibility index (Phi) is 24.3. The van der Waals surface area contributed by atoms with Crippen LogP contribution < -0.4 is 5.46 Å². The first-order chi connectivity index (χ1) is 28.0. The molecule has 1 aliphatic heterocycles. The number of carboxylic acids is 1. The summed E-state index contributed by atoms with van der Waals surface area (Å²) < 4.78 is 22.1. The summed E-state index contributed by atoms with van der Waals surface area (Å²) in [6.45, 7) is 12.4. The number of carbonyl (C=O) groups excluding carboxylic acids is 6. The number of esters is 2. The lowest BCUT2D eigenvalue weighted by molar-refractivity contribution is -0.142. The van der Waals surface area contributed by atoms with Crippen molar-refractivity contribution in [3.05, 3.63) is 135 Å². The lowest BCUT2D eigenvalue weighted by Gasteiger charge is -2.32. The van der Waals surface area contributed by atoms with Crippen molar-refractivity contribution >= 4 is 87.5 Å². The van der Waals surface area contributed by atoms with Crippen molar-refractivity contribution in [1.82, 2.24) is 0 Å². The highest BCUT2D eigenvalue weighted by Gasteiger charge is 2.51. The molecule has 314 valence electrons. The summed E-state index contributed by atoms with van der Waals surface area (Å²) in [5, 5.41) is 8.73. The number of rotatable bonds is 12. The normalized spacial score (nSPS) is 12.7.